The Morgan fingerprint density at radius 1 is 1.11 bits per heavy atom. The molecule has 0 atom stereocenters. The van der Waals surface area contributed by atoms with Crippen molar-refractivity contribution >= 4 is 45.1 Å². The molecule has 0 saturated carbocycles. The molecule has 0 radical (unpaired) electrons. The maximum Gasteiger partial charge on any atom is 0.347 e. The van der Waals surface area contributed by atoms with Crippen molar-refractivity contribution in [3.63, 3.8) is 0 Å². The highest BCUT2D eigenvalue weighted by Gasteiger charge is 2.08. The van der Waals surface area contributed by atoms with E-state index in [1.165, 1.54) is 0 Å². The van der Waals surface area contributed by atoms with Crippen molar-refractivity contribution < 1.29 is 4.42 Å². The molecule has 0 bridgehead atoms. The van der Waals surface area contributed by atoms with Crippen LogP contribution in [0.15, 0.2) is 51.7 Å². The summed E-state index contributed by atoms with van der Waals surface area (Å²) >= 11 is 7.97. The van der Waals surface area contributed by atoms with Gasteiger partial charge in [0.05, 0.1) is 10.9 Å². The van der Waals surface area contributed by atoms with E-state index in [2.05, 4.69) is 27.6 Å². The average Bonchev–Trinajstić information content (AvgIpc) is 2.40. The molecule has 3 rings (SSSR count). The summed E-state index contributed by atoms with van der Waals surface area (Å²) in [5.41, 5.74) is 0.969. The highest BCUT2D eigenvalue weighted by molar-refractivity contribution is 14.1. The lowest BCUT2D eigenvalue weighted by Gasteiger charge is -2.02. The van der Waals surface area contributed by atoms with Gasteiger partial charge in [-0.15, -0.1) is 0 Å². The fourth-order valence-corrected chi connectivity index (χ4v) is 2.38. The quantitative estimate of drug-likeness (QED) is 0.594. The van der Waals surface area contributed by atoms with Crippen molar-refractivity contribution in [3.8, 4) is 11.5 Å². The summed E-state index contributed by atoms with van der Waals surface area (Å²) < 4.78 is 6.23. The molecule has 0 saturated heterocycles. The molecule has 0 amide bonds. The van der Waals surface area contributed by atoms with Crippen LogP contribution in [0.1, 0.15) is 0 Å². The summed E-state index contributed by atoms with van der Waals surface area (Å²) in [6, 6.07) is 12.5. The van der Waals surface area contributed by atoms with E-state index in [-0.39, 0.29) is 5.63 Å². The Labute approximate surface area is 127 Å². The first kappa shape index (κ1) is 12.6. The molecule has 0 aliphatic rings. The largest absolute Gasteiger partial charge is 0.403 e. The van der Waals surface area contributed by atoms with Crippen LogP contribution >= 0.6 is 34.2 Å². The van der Waals surface area contributed by atoms with Crippen LogP contribution in [0.5, 0.6) is 0 Å². The van der Waals surface area contributed by atoms with Crippen molar-refractivity contribution in [2.75, 3.05) is 0 Å². The van der Waals surface area contributed by atoms with Gasteiger partial charge in [-0.25, -0.2) is 9.78 Å². The summed E-state index contributed by atoms with van der Waals surface area (Å²) in [6.07, 6.45) is 0. The summed E-state index contributed by atoms with van der Waals surface area (Å²) in [7, 11) is 0. The van der Waals surface area contributed by atoms with E-state index in [0.29, 0.717) is 21.8 Å². The number of hydrogen-bond acceptors (Lipinski definition) is 3. The molecule has 0 spiro atoms. The zero-order chi connectivity index (χ0) is 13.4. The molecule has 0 unspecified atom stereocenters. The summed E-state index contributed by atoms with van der Waals surface area (Å²) in [5.74, 6) is 0.301. The van der Waals surface area contributed by atoms with Crippen molar-refractivity contribution in [2.45, 2.75) is 0 Å². The van der Waals surface area contributed by atoms with Gasteiger partial charge in [0, 0.05) is 14.2 Å². The highest BCUT2D eigenvalue weighted by Crippen LogP contribution is 2.21. The van der Waals surface area contributed by atoms with Gasteiger partial charge in [-0.05, 0) is 65.1 Å². The zero-order valence-corrected chi connectivity index (χ0v) is 12.5. The molecule has 0 aliphatic carbocycles. The molecule has 0 N–H and O–H groups in total. The molecular formula is C14H7ClINO2. The van der Waals surface area contributed by atoms with Crippen molar-refractivity contribution in [3.05, 3.63) is 61.5 Å². The SMILES string of the molecule is O=c1oc(-c2ccc(Cl)cc2)nc2ccc(I)cc12. The molecule has 1 aromatic heterocycles. The summed E-state index contributed by atoms with van der Waals surface area (Å²) in [5, 5.41) is 1.12. The predicted molar refractivity (Wildman–Crippen MR) is 83.4 cm³/mol. The molecular weight excluding hydrogens is 377 g/mol. The Balaban J connectivity index is 2.24. The maximum atomic E-state index is 12.0. The molecule has 3 nitrogen and oxygen atoms in total. The number of halogens is 2. The molecule has 1 heterocycles. The van der Waals surface area contributed by atoms with E-state index in [0.717, 1.165) is 9.13 Å². The first-order valence-corrected chi connectivity index (χ1v) is 6.95. The lowest BCUT2D eigenvalue weighted by atomic mass is 10.2. The van der Waals surface area contributed by atoms with E-state index in [1.54, 1.807) is 30.3 Å². The maximum absolute atomic E-state index is 12.0. The molecule has 2 aromatic carbocycles. The lowest BCUT2D eigenvalue weighted by molar-refractivity contribution is 0.518. The predicted octanol–water partition coefficient (Wildman–Crippen LogP) is 4.11. The molecule has 0 aliphatic heterocycles. The monoisotopic (exact) mass is 383 g/mol. The fraction of sp³-hybridized carbons (Fsp3) is 0. The molecule has 3 aromatic rings. The third kappa shape index (κ3) is 2.50. The van der Waals surface area contributed by atoms with Crippen molar-refractivity contribution in [1.82, 2.24) is 4.98 Å². The number of hydrogen-bond donors (Lipinski definition) is 0. The minimum absolute atomic E-state index is 0.301. The van der Waals surface area contributed by atoms with Crippen molar-refractivity contribution in [1.29, 1.82) is 0 Å². The Morgan fingerprint density at radius 2 is 1.84 bits per heavy atom. The number of rotatable bonds is 1. The third-order valence-corrected chi connectivity index (χ3v) is 3.60. The van der Waals surface area contributed by atoms with Crippen LogP contribution in [0.4, 0.5) is 0 Å². The minimum atomic E-state index is -0.381. The second kappa shape index (κ2) is 4.94. The fourth-order valence-electron chi connectivity index (χ4n) is 1.76. The van der Waals surface area contributed by atoms with E-state index >= 15 is 0 Å². The van der Waals surface area contributed by atoms with Crippen LogP contribution in [0.3, 0.4) is 0 Å². The smallest absolute Gasteiger partial charge is 0.347 e. The average molecular weight is 384 g/mol. The van der Waals surface area contributed by atoms with Crippen molar-refractivity contribution in [2.24, 2.45) is 0 Å². The highest BCUT2D eigenvalue weighted by atomic mass is 127. The molecule has 19 heavy (non-hydrogen) atoms. The molecule has 94 valence electrons. The number of nitrogens with zero attached hydrogens (tertiary/aromatic N) is 1. The van der Waals surface area contributed by atoms with Crippen LogP contribution in [0.25, 0.3) is 22.4 Å². The lowest BCUT2D eigenvalue weighted by Crippen LogP contribution is -2.03. The standard InChI is InChI=1S/C14H7ClINO2/c15-9-3-1-8(2-4-9)13-17-12-6-5-10(16)7-11(12)14(18)19-13/h1-7H. The number of aromatic nitrogens is 1. The van der Waals surface area contributed by atoms with E-state index in [9.17, 15) is 4.79 Å². The zero-order valence-electron chi connectivity index (χ0n) is 9.56. The normalized spacial score (nSPS) is 10.8. The van der Waals surface area contributed by atoms with Crippen LogP contribution < -0.4 is 5.63 Å². The Kier molecular flexibility index (Phi) is 3.28. The summed E-state index contributed by atoms with van der Waals surface area (Å²) in [6.45, 7) is 0. The van der Waals surface area contributed by atoms with Gasteiger partial charge >= 0.3 is 5.63 Å². The molecule has 5 heteroatoms. The number of benzene rings is 2. The van der Waals surface area contributed by atoms with Gasteiger partial charge in [-0.1, -0.05) is 11.6 Å². The van der Waals surface area contributed by atoms with Crippen LogP contribution in [-0.2, 0) is 0 Å². The number of fused-ring (bicyclic) bond motifs is 1. The van der Waals surface area contributed by atoms with E-state index in [1.807, 2.05) is 12.1 Å². The Hall–Kier alpha value is -1.40. The van der Waals surface area contributed by atoms with Gasteiger partial charge in [0.1, 0.15) is 0 Å². The minimum Gasteiger partial charge on any atom is -0.403 e. The third-order valence-electron chi connectivity index (χ3n) is 2.68. The van der Waals surface area contributed by atoms with Crippen LogP contribution in [0, 0.1) is 3.57 Å². The Bertz CT molecular complexity index is 812. The first-order valence-electron chi connectivity index (χ1n) is 5.50. The van der Waals surface area contributed by atoms with Crippen LogP contribution in [-0.4, -0.2) is 4.98 Å². The van der Waals surface area contributed by atoms with Gasteiger partial charge in [0.25, 0.3) is 0 Å². The molecule has 0 fully saturated rings. The summed E-state index contributed by atoms with van der Waals surface area (Å²) in [4.78, 5) is 16.3. The second-order valence-corrected chi connectivity index (χ2v) is 5.66. The first-order chi connectivity index (χ1) is 9.13. The Morgan fingerprint density at radius 3 is 2.58 bits per heavy atom. The second-order valence-electron chi connectivity index (χ2n) is 3.97. The van der Waals surface area contributed by atoms with Crippen LogP contribution in [0.2, 0.25) is 5.02 Å². The van der Waals surface area contributed by atoms with Gasteiger partial charge < -0.3 is 4.42 Å². The van der Waals surface area contributed by atoms with Gasteiger partial charge in [0.15, 0.2) is 0 Å². The van der Waals surface area contributed by atoms with Gasteiger partial charge in [0.2, 0.25) is 5.89 Å². The van der Waals surface area contributed by atoms with Gasteiger partial charge in [-0.2, -0.15) is 0 Å². The topological polar surface area (TPSA) is 43.1 Å². The van der Waals surface area contributed by atoms with Gasteiger partial charge in [-0.3, -0.25) is 0 Å². The van der Waals surface area contributed by atoms with E-state index < -0.39 is 0 Å². The van der Waals surface area contributed by atoms with E-state index in [4.69, 9.17) is 16.0 Å².